The number of benzene rings is 1. The summed E-state index contributed by atoms with van der Waals surface area (Å²) in [5, 5.41) is 6.16. The third-order valence-electron chi connectivity index (χ3n) is 3.24. The summed E-state index contributed by atoms with van der Waals surface area (Å²) in [4.78, 5) is 14.3. The summed E-state index contributed by atoms with van der Waals surface area (Å²) in [5.41, 5.74) is 1.98. The monoisotopic (exact) mass is 318 g/mol. The van der Waals surface area contributed by atoms with Crippen LogP contribution in [-0.4, -0.2) is 21.5 Å². The van der Waals surface area contributed by atoms with Gasteiger partial charge in [-0.2, -0.15) is 0 Å². The number of halogens is 1. The van der Waals surface area contributed by atoms with Crippen molar-refractivity contribution < 1.29 is 0 Å². The number of aromatic nitrogens is 3. The average molecular weight is 319 g/mol. The van der Waals surface area contributed by atoms with E-state index in [0.29, 0.717) is 5.02 Å². The van der Waals surface area contributed by atoms with E-state index >= 15 is 0 Å². The molecule has 1 aromatic carbocycles. The van der Waals surface area contributed by atoms with Gasteiger partial charge in [-0.05, 0) is 32.0 Å². The molecule has 0 saturated carbocycles. The largest absolute Gasteiger partial charge is 0.369 e. The molecule has 0 aliphatic rings. The summed E-state index contributed by atoms with van der Waals surface area (Å²) >= 11 is 7.74. The Morgan fingerprint density at radius 2 is 2.10 bits per heavy atom. The van der Waals surface area contributed by atoms with Crippen molar-refractivity contribution in [1.29, 1.82) is 0 Å². The smallest absolute Gasteiger partial charge is 0.137 e. The molecular weight excluding hydrogens is 304 g/mol. The first kappa shape index (κ1) is 14.2. The maximum absolute atomic E-state index is 5.99. The Hall–Kier alpha value is -1.72. The standard InChI is InChI=1S/C15H15ClN4S/c1-9-14(21-10(2)20-9)5-6-17-15-12-4-3-11(16)7-13(12)18-8-19-15/h3-4,7-8H,5-6H2,1-2H3,(H,17,18,19). The van der Waals surface area contributed by atoms with Gasteiger partial charge in [0.1, 0.15) is 12.1 Å². The Morgan fingerprint density at radius 1 is 1.24 bits per heavy atom. The lowest BCUT2D eigenvalue weighted by molar-refractivity contribution is 1.00. The second-order valence-corrected chi connectivity index (χ2v) is 6.53. The van der Waals surface area contributed by atoms with Crippen LogP contribution in [0.4, 0.5) is 5.82 Å². The van der Waals surface area contributed by atoms with Gasteiger partial charge in [0, 0.05) is 28.3 Å². The van der Waals surface area contributed by atoms with E-state index in [4.69, 9.17) is 11.6 Å². The SMILES string of the molecule is Cc1nc(C)c(CCNc2ncnc3cc(Cl)ccc23)s1. The van der Waals surface area contributed by atoms with Crippen LogP contribution in [0.2, 0.25) is 5.02 Å². The van der Waals surface area contributed by atoms with E-state index in [2.05, 4.69) is 27.2 Å². The molecule has 0 aliphatic carbocycles. The number of hydrogen-bond donors (Lipinski definition) is 1. The first-order chi connectivity index (χ1) is 10.1. The van der Waals surface area contributed by atoms with Gasteiger partial charge in [-0.15, -0.1) is 11.3 Å². The second kappa shape index (κ2) is 5.95. The fourth-order valence-corrected chi connectivity index (χ4v) is 3.37. The summed E-state index contributed by atoms with van der Waals surface area (Å²) in [6.45, 7) is 4.91. The zero-order chi connectivity index (χ0) is 14.8. The Morgan fingerprint density at radius 3 is 2.86 bits per heavy atom. The Bertz CT molecular complexity index is 784. The third kappa shape index (κ3) is 3.14. The van der Waals surface area contributed by atoms with E-state index in [9.17, 15) is 0 Å². The van der Waals surface area contributed by atoms with Gasteiger partial charge in [0.2, 0.25) is 0 Å². The molecule has 2 aromatic heterocycles. The highest BCUT2D eigenvalue weighted by Crippen LogP contribution is 2.23. The van der Waals surface area contributed by atoms with Crippen LogP contribution in [0.1, 0.15) is 15.6 Å². The van der Waals surface area contributed by atoms with Gasteiger partial charge in [-0.25, -0.2) is 15.0 Å². The van der Waals surface area contributed by atoms with Crippen LogP contribution < -0.4 is 5.32 Å². The lowest BCUT2D eigenvalue weighted by Gasteiger charge is -2.08. The van der Waals surface area contributed by atoms with Crippen LogP contribution in [0.3, 0.4) is 0 Å². The first-order valence-corrected chi connectivity index (χ1v) is 7.90. The predicted octanol–water partition coefficient (Wildman–Crippen LogP) is 4.01. The molecule has 2 heterocycles. The number of hydrogen-bond acceptors (Lipinski definition) is 5. The highest BCUT2D eigenvalue weighted by atomic mass is 35.5. The highest BCUT2D eigenvalue weighted by Gasteiger charge is 2.06. The molecule has 3 aromatic rings. The molecule has 0 spiro atoms. The van der Waals surface area contributed by atoms with Crippen LogP contribution in [-0.2, 0) is 6.42 Å². The fourth-order valence-electron chi connectivity index (χ4n) is 2.27. The molecular formula is C15H15ClN4S. The minimum Gasteiger partial charge on any atom is -0.369 e. The number of aryl methyl sites for hydroxylation is 2. The molecule has 0 unspecified atom stereocenters. The van der Waals surface area contributed by atoms with Crippen molar-refractivity contribution in [1.82, 2.24) is 15.0 Å². The first-order valence-electron chi connectivity index (χ1n) is 6.70. The van der Waals surface area contributed by atoms with Gasteiger partial charge in [0.15, 0.2) is 0 Å². The fraction of sp³-hybridized carbons (Fsp3) is 0.267. The number of anilines is 1. The zero-order valence-electron chi connectivity index (χ0n) is 11.9. The maximum Gasteiger partial charge on any atom is 0.137 e. The van der Waals surface area contributed by atoms with Gasteiger partial charge in [0.25, 0.3) is 0 Å². The van der Waals surface area contributed by atoms with Crippen LogP contribution in [0.25, 0.3) is 10.9 Å². The average Bonchev–Trinajstić information content (AvgIpc) is 2.77. The number of fused-ring (bicyclic) bond motifs is 1. The van der Waals surface area contributed by atoms with Crippen molar-refractivity contribution in [3.63, 3.8) is 0 Å². The number of nitrogens with one attached hydrogen (secondary N) is 1. The van der Waals surface area contributed by atoms with Crippen molar-refractivity contribution in [2.45, 2.75) is 20.3 Å². The molecule has 0 aliphatic heterocycles. The van der Waals surface area contributed by atoms with E-state index in [-0.39, 0.29) is 0 Å². The van der Waals surface area contributed by atoms with Crippen LogP contribution in [0.5, 0.6) is 0 Å². The summed E-state index contributed by atoms with van der Waals surface area (Å²) in [6, 6.07) is 5.65. The van der Waals surface area contributed by atoms with E-state index < -0.39 is 0 Å². The Balaban J connectivity index is 1.75. The number of thiazole rings is 1. The maximum atomic E-state index is 5.99. The van der Waals surface area contributed by atoms with Crippen LogP contribution >= 0.6 is 22.9 Å². The summed E-state index contributed by atoms with van der Waals surface area (Å²) in [7, 11) is 0. The number of nitrogens with zero attached hydrogens (tertiary/aromatic N) is 3. The minimum absolute atomic E-state index is 0.683. The summed E-state index contributed by atoms with van der Waals surface area (Å²) < 4.78 is 0. The zero-order valence-corrected chi connectivity index (χ0v) is 13.4. The molecule has 0 fully saturated rings. The molecule has 0 atom stereocenters. The normalized spacial score (nSPS) is 11.0. The summed E-state index contributed by atoms with van der Waals surface area (Å²) in [5.74, 6) is 0.843. The van der Waals surface area contributed by atoms with Crippen LogP contribution in [0.15, 0.2) is 24.5 Å². The third-order valence-corrected chi connectivity index (χ3v) is 4.61. The van der Waals surface area contributed by atoms with E-state index in [0.717, 1.165) is 40.4 Å². The highest BCUT2D eigenvalue weighted by molar-refractivity contribution is 7.11. The van der Waals surface area contributed by atoms with Gasteiger partial charge in [-0.3, -0.25) is 0 Å². The lowest BCUT2D eigenvalue weighted by Crippen LogP contribution is -2.07. The van der Waals surface area contributed by atoms with Gasteiger partial charge >= 0.3 is 0 Å². The van der Waals surface area contributed by atoms with Crippen LogP contribution in [0, 0.1) is 13.8 Å². The van der Waals surface area contributed by atoms with E-state index in [1.54, 1.807) is 17.7 Å². The van der Waals surface area contributed by atoms with Gasteiger partial charge in [-0.1, -0.05) is 11.6 Å². The van der Waals surface area contributed by atoms with Crippen molar-refractivity contribution in [3.05, 3.63) is 45.1 Å². The van der Waals surface area contributed by atoms with Crippen molar-refractivity contribution in [2.75, 3.05) is 11.9 Å². The van der Waals surface area contributed by atoms with Crippen molar-refractivity contribution in [2.24, 2.45) is 0 Å². The molecule has 0 bridgehead atoms. The van der Waals surface area contributed by atoms with Gasteiger partial charge < -0.3 is 5.32 Å². The summed E-state index contributed by atoms with van der Waals surface area (Å²) in [6.07, 6.45) is 2.50. The molecule has 0 radical (unpaired) electrons. The molecule has 21 heavy (non-hydrogen) atoms. The van der Waals surface area contributed by atoms with Gasteiger partial charge in [0.05, 0.1) is 16.2 Å². The molecule has 6 heteroatoms. The molecule has 3 rings (SSSR count). The predicted molar refractivity (Wildman–Crippen MR) is 88.3 cm³/mol. The lowest BCUT2D eigenvalue weighted by atomic mass is 10.2. The minimum atomic E-state index is 0.683. The molecule has 4 nitrogen and oxygen atoms in total. The Kier molecular flexibility index (Phi) is 4.03. The molecule has 0 saturated heterocycles. The van der Waals surface area contributed by atoms with Crippen molar-refractivity contribution >= 4 is 39.7 Å². The molecule has 0 amide bonds. The van der Waals surface area contributed by atoms with Crippen molar-refractivity contribution in [3.8, 4) is 0 Å². The second-order valence-electron chi connectivity index (χ2n) is 4.80. The molecule has 108 valence electrons. The van der Waals surface area contributed by atoms with E-state index in [1.165, 1.54) is 4.88 Å². The number of rotatable bonds is 4. The van der Waals surface area contributed by atoms with E-state index in [1.807, 2.05) is 25.1 Å². The molecule has 1 N–H and O–H groups in total. The topological polar surface area (TPSA) is 50.7 Å². The Labute approximate surface area is 132 Å². The quantitative estimate of drug-likeness (QED) is 0.789.